The number of urea groups is 1. The Hall–Kier alpha value is -2.11. The predicted octanol–water partition coefficient (Wildman–Crippen LogP) is 2.06. The number of hydrogen-bond donors (Lipinski definition) is 2. The van der Waals surface area contributed by atoms with E-state index in [2.05, 4.69) is 15.4 Å². The van der Waals surface area contributed by atoms with Crippen molar-refractivity contribution < 1.29 is 18.7 Å². The molecule has 2 amide bonds. The van der Waals surface area contributed by atoms with E-state index < -0.39 is 17.9 Å². The summed E-state index contributed by atoms with van der Waals surface area (Å²) < 4.78 is 17.6. The van der Waals surface area contributed by atoms with Gasteiger partial charge in [0, 0.05) is 12.2 Å². The van der Waals surface area contributed by atoms with Crippen LogP contribution in [-0.2, 0) is 9.53 Å². The first-order valence-electron chi connectivity index (χ1n) is 5.83. The van der Waals surface area contributed by atoms with Gasteiger partial charge in [-0.15, -0.1) is 0 Å². The number of hydrogen-bond acceptors (Lipinski definition) is 3. The number of amides is 2. The summed E-state index contributed by atoms with van der Waals surface area (Å²) in [6.45, 7) is 3.42. The highest BCUT2D eigenvalue weighted by Gasteiger charge is 2.14. The number of carbonyl (C=O) groups excluding carboxylic acids is 2. The molecule has 6 heteroatoms. The molecule has 0 aliphatic carbocycles. The van der Waals surface area contributed by atoms with Gasteiger partial charge in [0.25, 0.3) is 0 Å². The highest BCUT2D eigenvalue weighted by atomic mass is 19.1. The summed E-state index contributed by atoms with van der Waals surface area (Å²) in [5.74, 6) is -1.14. The van der Waals surface area contributed by atoms with E-state index in [9.17, 15) is 14.0 Å². The SMILES string of the molecule is COC(=O)C(C)CNC(=O)Nc1ccc(F)c(C)c1. The first-order valence-corrected chi connectivity index (χ1v) is 5.83. The summed E-state index contributed by atoms with van der Waals surface area (Å²) in [4.78, 5) is 22.7. The van der Waals surface area contributed by atoms with E-state index in [0.717, 1.165) is 0 Å². The lowest BCUT2D eigenvalue weighted by Gasteiger charge is -2.11. The van der Waals surface area contributed by atoms with Crippen LogP contribution in [0.2, 0.25) is 0 Å². The van der Waals surface area contributed by atoms with E-state index in [1.165, 1.54) is 25.3 Å². The summed E-state index contributed by atoms with van der Waals surface area (Å²) in [6, 6.07) is 3.81. The molecule has 1 aromatic carbocycles. The Morgan fingerprint density at radius 2 is 2.11 bits per heavy atom. The number of rotatable bonds is 4. The van der Waals surface area contributed by atoms with E-state index in [1.807, 2.05) is 0 Å². The molecule has 0 aliphatic rings. The van der Waals surface area contributed by atoms with Crippen molar-refractivity contribution >= 4 is 17.7 Å². The number of benzene rings is 1. The minimum Gasteiger partial charge on any atom is -0.469 e. The highest BCUT2D eigenvalue weighted by Crippen LogP contribution is 2.13. The Labute approximate surface area is 111 Å². The van der Waals surface area contributed by atoms with Gasteiger partial charge in [-0.05, 0) is 30.7 Å². The Balaban J connectivity index is 2.47. The lowest BCUT2D eigenvalue weighted by Crippen LogP contribution is -2.35. The zero-order valence-electron chi connectivity index (χ0n) is 11.1. The van der Waals surface area contributed by atoms with Gasteiger partial charge >= 0.3 is 12.0 Å². The average molecular weight is 268 g/mol. The third-order valence-electron chi connectivity index (χ3n) is 2.59. The van der Waals surface area contributed by atoms with E-state index in [1.54, 1.807) is 13.8 Å². The molecule has 1 rings (SSSR count). The van der Waals surface area contributed by atoms with E-state index >= 15 is 0 Å². The molecule has 0 spiro atoms. The number of nitrogens with one attached hydrogen (secondary N) is 2. The van der Waals surface area contributed by atoms with Crippen molar-refractivity contribution in [2.24, 2.45) is 5.92 Å². The summed E-state index contributed by atoms with van der Waals surface area (Å²) in [6.07, 6.45) is 0. The smallest absolute Gasteiger partial charge is 0.319 e. The largest absolute Gasteiger partial charge is 0.469 e. The van der Waals surface area contributed by atoms with Gasteiger partial charge in [0.2, 0.25) is 0 Å². The standard InChI is InChI=1S/C13H17FN2O3/c1-8-6-10(4-5-11(8)14)16-13(18)15-7-9(2)12(17)19-3/h4-6,9H,7H2,1-3H3,(H2,15,16,18). The van der Waals surface area contributed by atoms with Crippen molar-refractivity contribution in [2.75, 3.05) is 19.0 Å². The fraction of sp³-hybridized carbons (Fsp3) is 0.385. The third-order valence-corrected chi connectivity index (χ3v) is 2.59. The molecular weight excluding hydrogens is 251 g/mol. The Morgan fingerprint density at radius 1 is 1.42 bits per heavy atom. The number of carbonyl (C=O) groups is 2. The van der Waals surface area contributed by atoms with Crippen LogP contribution in [0.15, 0.2) is 18.2 Å². The minimum absolute atomic E-state index is 0.165. The minimum atomic E-state index is -0.457. The molecule has 0 saturated heterocycles. The molecule has 0 radical (unpaired) electrons. The number of halogens is 1. The molecule has 104 valence electrons. The monoisotopic (exact) mass is 268 g/mol. The van der Waals surface area contributed by atoms with E-state index in [0.29, 0.717) is 11.3 Å². The van der Waals surface area contributed by atoms with Gasteiger partial charge < -0.3 is 15.4 Å². The Bertz CT molecular complexity index is 477. The molecule has 0 bridgehead atoms. The maximum absolute atomic E-state index is 13.0. The van der Waals surface area contributed by atoms with Gasteiger partial charge in [-0.25, -0.2) is 9.18 Å². The van der Waals surface area contributed by atoms with Crippen LogP contribution in [0.5, 0.6) is 0 Å². The molecule has 5 nitrogen and oxygen atoms in total. The summed E-state index contributed by atoms with van der Waals surface area (Å²) in [5, 5.41) is 5.09. The van der Waals surface area contributed by atoms with Gasteiger partial charge in [-0.1, -0.05) is 6.92 Å². The molecule has 0 fully saturated rings. The van der Waals surface area contributed by atoms with Crippen molar-refractivity contribution in [3.05, 3.63) is 29.6 Å². The van der Waals surface area contributed by atoms with Gasteiger partial charge in [-0.3, -0.25) is 4.79 Å². The predicted molar refractivity (Wildman–Crippen MR) is 69.3 cm³/mol. The van der Waals surface area contributed by atoms with Gasteiger partial charge in [0.05, 0.1) is 13.0 Å². The van der Waals surface area contributed by atoms with Crippen molar-refractivity contribution in [1.82, 2.24) is 5.32 Å². The Morgan fingerprint density at radius 3 is 2.68 bits per heavy atom. The first kappa shape index (κ1) is 14.9. The molecule has 1 atom stereocenters. The Kier molecular flexibility index (Phi) is 5.29. The number of anilines is 1. The molecule has 0 heterocycles. The third kappa shape index (κ3) is 4.57. The van der Waals surface area contributed by atoms with Gasteiger partial charge in [-0.2, -0.15) is 0 Å². The van der Waals surface area contributed by atoms with E-state index in [-0.39, 0.29) is 12.4 Å². The van der Waals surface area contributed by atoms with Crippen LogP contribution in [0.4, 0.5) is 14.9 Å². The topological polar surface area (TPSA) is 67.4 Å². The number of aryl methyl sites for hydroxylation is 1. The second-order valence-electron chi connectivity index (χ2n) is 4.22. The highest BCUT2D eigenvalue weighted by molar-refractivity contribution is 5.89. The normalized spacial score (nSPS) is 11.6. The first-order chi connectivity index (χ1) is 8.93. The molecule has 1 unspecified atom stereocenters. The molecule has 2 N–H and O–H groups in total. The molecule has 19 heavy (non-hydrogen) atoms. The molecule has 1 aromatic rings. The second-order valence-corrected chi connectivity index (χ2v) is 4.22. The van der Waals surface area contributed by atoms with Crippen LogP contribution in [0.25, 0.3) is 0 Å². The average Bonchev–Trinajstić information content (AvgIpc) is 2.39. The fourth-order valence-corrected chi connectivity index (χ4v) is 1.43. The van der Waals surface area contributed by atoms with Crippen LogP contribution in [0.3, 0.4) is 0 Å². The van der Waals surface area contributed by atoms with Crippen LogP contribution in [0.1, 0.15) is 12.5 Å². The molecule has 0 aromatic heterocycles. The summed E-state index contributed by atoms with van der Waals surface area (Å²) >= 11 is 0. The van der Waals surface area contributed by atoms with Gasteiger partial charge in [0.15, 0.2) is 0 Å². The zero-order valence-corrected chi connectivity index (χ0v) is 11.1. The lowest BCUT2D eigenvalue weighted by molar-refractivity contribution is -0.144. The maximum atomic E-state index is 13.0. The van der Waals surface area contributed by atoms with Crippen molar-refractivity contribution in [3.63, 3.8) is 0 Å². The maximum Gasteiger partial charge on any atom is 0.319 e. The molecule has 0 saturated carbocycles. The number of methoxy groups -OCH3 is 1. The zero-order chi connectivity index (χ0) is 14.4. The van der Waals surface area contributed by atoms with Crippen molar-refractivity contribution in [2.45, 2.75) is 13.8 Å². The van der Waals surface area contributed by atoms with Crippen LogP contribution >= 0.6 is 0 Å². The second kappa shape index (κ2) is 6.72. The quantitative estimate of drug-likeness (QED) is 0.821. The molecule has 0 aliphatic heterocycles. The van der Waals surface area contributed by atoms with E-state index in [4.69, 9.17) is 0 Å². The van der Waals surface area contributed by atoms with Crippen LogP contribution in [-0.4, -0.2) is 25.7 Å². The van der Waals surface area contributed by atoms with Crippen LogP contribution in [0, 0.1) is 18.7 Å². The summed E-state index contributed by atoms with van der Waals surface area (Å²) in [5.41, 5.74) is 0.933. The van der Waals surface area contributed by atoms with Crippen molar-refractivity contribution in [1.29, 1.82) is 0 Å². The van der Waals surface area contributed by atoms with Crippen molar-refractivity contribution in [3.8, 4) is 0 Å². The fourth-order valence-electron chi connectivity index (χ4n) is 1.43. The lowest BCUT2D eigenvalue weighted by atomic mass is 10.2. The number of esters is 1. The summed E-state index contributed by atoms with van der Waals surface area (Å²) in [7, 11) is 1.29. The van der Waals surface area contributed by atoms with Gasteiger partial charge in [0.1, 0.15) is 5.82 Å². The molecular formula is C13H17FN2O3. The number of ether oxygens (including phenoxy) is 1. The van der Waals surface area contributed by atoms with Crippen LogP contribution < -0.4 is 10.6 Å².